The highest BCUT2D eigenvalue weighted by atomic mass is 35.5. The van der Waals surface area contributed by atoms with Crippen molar-refractivity contribution in [3.63, 3.8) is 0 Å². The van der Waals surface area contributed by atoms with Gasteiger partial charge in [0.25, 0.3) is 5.91 Å². The van der Waals surface area contributed by atoms with Gasteiger partial charge in [0.1, 0.15) is 5.00 Å². The average Bonchev–Trinajstić information content (AvgIpc) is 2.98. The number of likely N-dealkylation sites (N-methyl/N-ethyl adjacent to an activating group) is 1. The largest absolute Gasteiger partial charge is 0.366 e. The number of halogens is 2. The van der Waals surface area contributed by atoms with Gasteiger partial charge in [0.05, 0.1) is 28.7 Å². The highest BCUT2D eigenvalue weighted by Crippen LogP contribution is 2.25. The molecule has 0 bridgehead atoms. The number of nitrogens with two attached hydrogens (primary N) is 1. The van der Waals surface area contributed by atoms with Crippen LogP contribution in [0.3, 0.4) is 0 Å². The summed E-state index contributed by atoms with van der Waals surface area (Å²) in [4.78, 5) is 36.9. The third-order valence-electron chi connectivity index (χ3n) is 3.21. The van der Waals surface area contributed by atoms with Gasteiger partial charge in [0.2, 0.25) is 11.8 Å². The average molecular weight is 415 g/mol. The molecule has 1 aromatic heterocycles. The Balaban J connectivity index is 1.85. The van der Waals surface area contributed by atoms with Gasteiger partial charge < -0.3 is 16.4 Å². The van der Waals surface area contributed by atoms with E-state index in [2.05, 4.69) is 10.6 Å². The van der Waals surface area contributed by atoms with Crippen LogP contribution in [-0.4, -0.2) is 42.8 Å². The highest BCUT2D eigenvalue weighted by molar-refractivity contribution is 7.14. The number of carbonyl (C=O) groups is 3. The lowest BCUT2D eigenvalue weighted by molar-refractivity contribution is -0.119. The number of thiophene rings is 1. The summed E-state index contributed by atoms with van der Waals surface area (Å²) in [6.45, 7) is -0.0499. The maximum Gasteiger partial charge on any atom is 0.251 e. The van der Waals surface area contributed by atoms with Crippen molar-refractivity contribution >= 4 is 62.9 Å². The van der Waals surface area contributed by atoms with Gasteiger partial charge in [-0.15, -0.1) is 11.3 Å². The van der Waals surface area contributed by atoms with E-state index in [1.165, 1.54) is 28.4 Å². The molecule has 7 nitrogen and oxygen atoms in total. The summed E-state index contributed by atoms with van der Waals surface area (Å²) < 4.78 is 0. The smallest absolute Gasteiger partial charge is 0.251 e. The van der Waals surface area contributed by atoms with Crippen molar-refractivity contribution in [1.82, 2.24) is 4.90 Å². The van der Waals surface area contributed by atoms with Crippen molar-refractivity contribution in [3.05, 3.63) is 45.3 Å². The van der Waals surface area contributed by atoms with Crippen LogP contribution in [0.5, 0.6) is 0 Å². The van der Waals surface area contributed by atoms with E-state index in [0.717, 1.165) is 0 Å². The van der Waals surface area contributed by atoms with Gasteiger partial charge in [-0.2, -0.15) is 0 Å². The Bertz CT molecular complexity index is 841. The summed E-state index contributed by atoms with van der Waals surface area (Å²) in [6.07, 6.45) is 0. The van der Waals surface area contributed by atoms with Gasteiger partial charge in [0.15, 0.2) is 0 Å². The Morgan fingerprint density at radius 3 is 2.35 bits per heavy atom. The third kappa shape index (κ3) is 5.70. The van der Waals surface area contributed by atoms with E-state index in [1.807, 2.05) is 0 Å². The Kier molecular flexibility index (Phi) is 6.98. The Morgan fingerprint density at radius 2 is 1.73 bits per heavy atom. The molecule has 2 aromatic rings. The van der Waals surface area contributed by atoms with E-state index >= 15 is 0 Å². The summed E-state index contributed by atoms with van der Waals surface area (Å²) in [7, 11) is 1.62. The molecule has 0 radical (unpaired) electrons. The molecule has 0 unspecified atom stereocenters. The fourth-order valence-electron chi connectivity index (χ4n) is 2.09. The van der Waals surface area contributed by atoms with E-state index in [4.69, 9.17) is 28.9 Å². The second kappa shape index (κ2) is 9.00. The summed E-state index contributed by atoms with van der Waals surface area (Å²) in [5, 5.41) is 8.05. The first kappa shape index (κ1) is 20.2. The van der Waals surface area contributed by atoms with Crippen LogP contribution in [-0.2, 0) is 9.59 Å². The number of anilines is 2. The van der Waals surface area contributed by atoms with Crippen LogP contribution < -0.4 is 16.4 Å². The van der Waals surface area contributed by atoms with Crippen LogP contribution in [0, 0.1) is 0 Å². The summed E-state index contributed by atoms with van der Waals surface area (Å²) in [5.41, 5.74) is 5.99. The monoisotopic (exact) mass is 414 g/mol. The number of hydrogen-bond donors (Lipinski definition) is 3. The van der Waals surface area contributed by atoms with Crippen molar-refractivity contribution in [2.45, 2.75) is 0 Å². The summed E-state index contributed by atoms with van der Waals surface area (Å²) in [6, 6.07) is 6.28. The van der Waals surface area contributed by atoms with E-state index in [-0.39, 0.29) is 30.5 Å². The number of carbonyl (C=O) groups excluding carboxylic acids is 3. The number of hydrogen-bond acceptors (Lipinski definition) is 5. The predicted molar refractivity (Wildman–Crippen MR) is 104 cm³/mol. The summed E-state index contributed by atoms with van der Waals surface area (Å²) >= 11 is 12.9. The lowest BCUT2D eigenvalue weighted by atomic mass is 10.3. The number of benzene rings is 1. The van der Waals surface area contributed by atoms with E-state index in [9.17, 15) is 14.4 Å². The molecular formula is C16H16Cl2N4O3S. The van der Waals surface area contributed by atoms with Gasteiger partial charge in [-0.1, -0.05) is 23.2 Å². The Morgan fingerprint density at radius 1 is 1.08 bits per heavy atom. The minimum atomic E-state index is -0.615. The third-order valence-corrected chi connectivity index (χ3v) is 4.78. The molecule has 1 heterocycles. The molecule has 0 atom stereocenters. The predicted octanol–water partition coefficient (Wildman–Crippen LogP) is 2.66. The van der Waals surface area contributed by atoms with E-state index in [1.54, 1.807) is 24.6 Å². The fourth-order valence-corrected chi connectivity index (χ4v) is 3.19. The molecule has 138 valence electrons. The minimum Gasteiger partial charge on any atom is -0.366 e. The minimum absolute atomic E-state index is 0.0131. The number of nitrogens with one attached hydrogen (secondary N) is 2. The van der Waals surface area contributed by atoms with E-state index in [0.29, 0.717) is 20.7 Å². The first-order chi connectivity index (χ1) is 12.3. The Hall–Kier alpha value is -2.13. The van der Waals surface area contributed by atoms with Crippen molar-refractivity contribution < 1.29 is 14.4 Å². The fraction of sp³-hybridized carbons (Fsp3) is 0.188. The molecule has 4 N–H and O–H groups in total. The molecule has 0 fully saturated rings. The van der Waals surface area contributed by atoms with Crippen LogP contribution in [0.4, 0.5) is 10.7 Å². The maximum atomic E-state index is 12.1. The lowest BCUT2D eigenvalue weighted by Crippen LogP contribution is -2.36. The highest BCUT2D eigenvalue weighted by Gasteiger charge is 2.15. The first-order valence-electron chi connectivity index (χ1n) is 7.37. The molecule has 26 heavy (non-hydrogen) atoms. The van der Waals surface area contributed by atoms with Crippen molar-refractivity contribution in [1.29, 1.82) is 0 Å². The zero-order valence-corrected chi connectivity index (χ0v) is 16.0. The number of amides is 3. The van der Waals surface area contributed by atoms with Crippen LogP contribution in [0.15, 0.2) is 29.6 Å². The van der Waals surface area contributed by atoms with Gasteiger partial charge in [-0.05, 0) is 36.7 Å². The van der Waals surface area contributed by atoms with Crippen molar-refractivity contribution in [2.75, 3.05) is 30.8 Å². The SMILES string of the molecule is CN(CC(=O)Nc1ccc(Cl)c(Cl)c1)CC(=O)Nc1sccc1C(N)=O. The van der Waals surface area contributed by atoms with Crippen LogP contribution in [0.1, 0.15) is 10.4 Å². The Labute approximate surface area is 164 Å². The molecule has 0 saturated heterocycles. The molecule has 0 spiro atoms. The number of nitrogens with zero attached hydrogens (tertiary/aromatic N) is 1. The quantitative estimate of drug-likeness (QED) is 0.647. The normalized spacial score (nSPS) is 10.6. The molecule has 0 aliphatic carbocycles. The molecule has 10 heteroatoms. The molecule has 2 rings (SSSR count). The molecule has 0 aliphatic rings. The number of primary amides is 1. The zero-order chi connectivity index (χ0) is 19.3. The van der Waals surface area contributed by atoms with Crippen molar-refractivity contribution in [2.24, 2.45) is 5.73 Å². The van der Waals surface area contributed by atoms with Crippen LogP contribution in [0.25, 0.3) is 0 Å². The molecule has 1 aromatic carbocycles. The lowest BCUT2D eigenvalue weighted by Gasteiger charge is -2.16. The second-order valence-electron chi connectivity index (χ2n) is 5.43. The van der Waals surface area contributed by atoms with Crippen LogP contribution in [0.2, 0.25) is 10.0 Å². The number of rotatable bonds is 7. The van der Waals surface area contributed by atoms with Gasteiger partial charge in [-0.3, -0.25) is 19.3 Å². The van der Waals surface area contributed by atoms with Gasteiger partial charge in [0, 0.05) is 5.69 Å². The maximum absolute atomic E-state index is 12.1. The second-order valence-corrected chi connectivity index (χ2v) is 7.16. The van der Waals surface area contributed by atoms with E-state index < -0.39 is 5.91 Å². The standard InChI is InChI=1S/C16H16Cl2N4O3S/c1-22(7-13(23)20-9-2-3-11(17)12(18)6-9)8-14(24)21-16-10(15(19)25)4-5-26-16/h2-6H,7-8H2,1H3,(H2,19,25)(H,20,23)(H,21,24). The topological polar surface area (TPSA) is 105 Å². The van der Waals surface area contributed by atoms with Gasteiger partial charge >= 0.3 is 0 Å². The summed E-state index contributed by atoms with van der Waals surface area (Å²) in [5.74, 6) is -1.29. The van der Waals surface area contributed by atoms with Gasteiger partial charge in [-0.25, -0.2) is 0 Å². The van der Waals surface area contributed by atoms with Crippen molar-refractivity contribution in [3.8, 4) is 0 Å². The first-order valence-corrected chi connectivity index (χ1v) is 9.00. The molecule has 3 amide bonds. The molecule has 0 aliphatic heterocycles. The molecular weight excluding hydrogens is 399 g/mol. The zero-order valence-electron chi connectivity index (χ0n) is 13.7. The van der Waals surface area contributed by atoms with Crippen LogP contribution >= 0.6 is 34.5 Å². The molecule has 0 saturated carbocycles.